The van der Waals surface area contributed by atoms with Crippen molar-refractivity contribution >= 4 is 17.4 Å². The predicted octanol–water partition coefficient (Wildman–Crippen LogP) is 3.33. The molecule has 1 fully saturated rings. The summed E-state index contributed by atoms with van der Waals surface area (Å²) in [5.41, 5.74) is 0.631. The molecule has 15 heavy (non-hydrogen) atoms. The maximum atomic E-state index is 11.9. The average molecular weight is 225 g/mol. The van der Waals surface area contributed by atoms with E-state index in [0.29, 0.717) is 22.9 Å². The normalized spacial score (nSPS) is 15.1. The van der Waals surface area contributed by atoms with Crippen LogP contribution >= 0.6 is 11.6 Å². The summed E-state index contributed by atoms with van der Waals surface area (Å²) >= 11 is 5.88. The van der Waals surface area contributed by atoms with Gasteiger partial charge in [0, 0.05) is 10.9 Å². The fourth-order valence-electron chi connectivity index (χ4n) is 1.54. The molecule has 0 heterocycles. The van der Waals surface area contributed by atoms with Crippen molar-refractivity contribution in [2.24, 2.45) is 5.92 Å². The monoisotopic (exact) mass is 224 g/mol. The van der Waals surface area contributed by atoms with Crippen molar-refractivity contribution in [3.05, 3.63) is 28.8 Å². The lowest BCUT2D eigenvalue weighted by Gasteiger charge is -2.09. The molecule has 0 spiro atoms. The zero-order valence-electron chi connectivity index (χ0n) is 8.63. The molecule has 3 heteroatoms. The molecule has 1 aromatic rings. The van der Waals surface area contributed by atoms with E-state index in [1.54, 1.807) is 18.2 Å². The Morgan fingerprint density at radius 2 is 2.27 bits per heavy atom. The number of rotatable bonds is 4. The Hall–Kier alpha value is -1.02. The Bertz CT molecular complexity index is 383. The second kappa shape index (κ2) is 4.23. The smallest absolute Gasteiger partial charge is 0.169 e. The van der Waals surface area contributed by atoms with Crippen molar-refractivity contribution in [3.63, 3.8) is 0 Å². The van der Waals surface area contributed by atoms with Crippen molar-refractivity contribution in [1.29, 1.82) is 0 Å². The fourth-order valence-corrected chi connectivity index (χ4v) is 1.71. The Balaban J connectivity index is 2.32. The van der Waals surface area contributed by atoms with E-state index in [-0.39, 0.29) is 11.7 Å². The topological polar surface area (TPSA) is 26.3 Å². The molecule has 0 unspecified atom stereocenters. The van der Waals surface area contributed by atoms with Crippen LogP contribution in [-0.4, -0.2) is 12.4 Å². The largest absolute Gasteiger partial charge is 0.493 e. The third-order valence-electron chi connectivity index (χ3n) is 2.46. The Labute approximate surface area is 94.2 Å². The van der Waals surface area contributed by atoms with E-state index in [4.69, 9.17) is 16.3 Å². The minimum Gasteiger partial charge on any atom is -0.493 e. The van der Waals surface area contributed by atoms with Crippen LogP contribution in [0.2, 0.25) is 5.02 Å². The maximum Gasteiger partial charge on any atom is 0.169 e. The molecule has 0 atom stereocenters. The number of hydrogen-bond acceptors (Lipinski definition) is 2. The average Bonchev–Trinajstić information content (AvgIpc) is 3.03. The van der Waals surface area contributed by atoms with Crippen molar-refractivity contribution in [2.45, 2.75) is 19.8 Å². The zero-order valence-corrected chi connectivity index (χ0v) is 9.38. The molecule has 1 aromatic carbocycles. The van der Waals surface area contributed by atoms with Crippen LogP contribution in [0.3, 0.4) is 0 Å². The van der Waals surface area contributed by atoms with Crippen molar-refractivity contribution in [3.8, 4) is 5.75 Å². The molecule has 0 amide bonds. The maximum absolute atomic E-state index is 11.9. The highest BCUT2D eigenvalue weighted by Crippen LogP contribution is 2.36. The first-order valence-electron chi connectivity index (χ1n) is 5.19. The first-order valence-corrected chi connectivity index (χ1v) is 5.56. The summed E-state index contributed by atoms with van der Waals surface area (Å²) in [7, 11) is 0. The summed E-state index contributed by atoms with van der Waals surface area (Å²) in [5.74, 6) is 1.02. The molecule has 2 nitrogen and oxygen atoms in total. The number of ketones is 1. The summed E-state index contributed by atoms with van der Waals surface area (Å²) in [6.45, 7) is 2.46. The second-order valence-electron chi connectivity index (χ2n) is 3.71. The third kappa shape index (κ3) is 2.32. The highest BCUT2D eigenvalue weighted by atomic mass is 35.5. The molecular weight excluding hydrogens is 212 g/mol. The molecule has 0 saturated heterocycles. The van der Waals surface area contributed by atoms with Gasteiger partial charge in [-0.1, -0.05) is 11.6 Å². The lowest BCUT2D eigenvalue weighted by Crippen LogP contribution is -2.05. The quantitative estimate of drug-likeness (QED) is 0.734. The highest BCUT2D eigenvalue weighted by molar-refractivity contribution is 6.31. The molecule has 2 rings (SSSR count). The van der Waals surface area contributed by atoms with E-state index in [9.17, 15) is 4.79 Å². The first-order chi connectivity index (χ1) is 7.22. The van der Waals surface area contributed by atoms with Crippen molar-refractivity contribution < 1.29 is 9.53 Å². The van der Waals surface area contributed by atoms with Crippen molar-refractivity contribution in [2.75, 3.05) is 6.61 Å². The second-order valence-corrected chi connectivity index (χ2v) is 4.15. The molecule has 0 N–H and O–H groups in total. The summed E-state index contributed by atoms with van der Waals surface area (Å²) < 4.78 is 5.41. The summed E-state index contributed by atoms with van der Waals surface area (Å²) in [5, 5.41) is 0.586. The van der Waals surface area contributed by atoms with Crippen LogP contribution in [0.25, 0.3) is 0 Å². The highest BCUT2D eigenvalue weighted by Gasteiger charge is 2.32. The SMILES string of the molecule is CCOc1ccc(Cl)cc1C(=O)C1CC1. The predicted molar refractivity (Wildman–Crippen MR) is 59.7 cm³/mol. The van der Waals surface area contributed by atoms with Crippen LogP contribution in [0.5, 0.6) is 5.75 Å². The van der Waals surface area contributed by atoms with E-state index in [1.165, 1.54) is 0 Å². The number of Topliss-reactive ketones (excluding diaryl/α,β-unsaturated/α-hetero) is 1. The number of halogens is 1. The minimum atomic E-state index is 0.168. The van der Waals surface area contributed by atoms with Gasteiger partial charge in [0.1, 0.15) is 5.75 Å². The first kappa shape index (κ1) is 10.5. The number of ether oxygens (including phenoxy) is 1. The lowest BCUT2D eigenvalue weighted by molar-refractivity contribution is 0.0964. The van der Waals surface area contributed by atoms with Crippen molar-refractivity contribution in [1.82, 2.24) is 0 Å². The zero-order chi connectivity index (χ0) is 10.8. The minimum absolute atomic E-state index is 0.168. The van der Waals surface area contributed by atoms with Gasteiger partial charge in [-0.05, 0) is 38.0 Å². The lowest BCUT2D eigenvalue weighted by atomic mass is 10.1. The van der Waals surface area contributed by atoms with Crippen LogP contribution in [0.15, 0.2) is 18.2 Å². The molecule has 80 valence electrons. The van der Waals surface area contributed by atoms with Gasteiger partial charge in [0.2, 0.25) is 0 Å². The molecule has 0 radical (unpaired) electrons. The van der Waals surface area contributed by atoms with E-state index >= 15 is 0 Å². The Kier molecular flexibility index (Phi) is 2.96. The molecule has 0 aromatic heterocycles. The van der Waals surface area contributed by atoms with Gasteiger partial charge < -0.3 is 4.74 Å². The van der Waals surface area contributed by atoms with Crippen LogP contribution in [0.1, 0.15) is 30.1 Å². The van der Waals surface area contributed by atoms with Crippen LogP contribution in [0.4, 0.5) is 0 Å². The van der Waals surface area contributed by atoms with Gasteiger partial charge in [-0.3, -0.25) is 4.79 Å². The van der Waals surface area contributed by atoms with Gasteiger partial charge in [-0.25, -0.2) is 0 Å². The molecule has 0 aliphatic heterocycles. The third-order valence-corrected chi connectivity index (χ3v) is 2.69. The molecular formula is C12H13ClO2. The van der Waals surface area contributed by atoms with Gasteiger partial charge in [0.15, 0.2) is 5.78 Å². The Morgan fingerprint density at radius 1 is 1.53 bits per heavy atom. The molecule has 1 aliphatic carbocycles. The number of hydrogen-bond donors (Lipinski definition) is 0. The van der Waals surface area contributed by atoms with Gasteiger partial charge in [-0.2, -0.15) is 0 Å². The molecule has 0 bridgehead atoms. The molecule has 1 aliphatic rings. The van der Waals surface area contributed by atoms with Gasteiger partial charge in [0.25, 0.3) is 0 Å². The number of carbonyl (C=O) groups excluding carboxylic acids is 1. The summed E-state index contributed by atoms with van der Waals surface area (Å²) in [6.07, 6.45) is 1.99. The van der Waals surface area contributed by atoms with Crippen LogP contribution < -0.4 is 4.74 Å². The van der Waals surface area contributed by atoms with Gasteiger partial charge >= 0.3 is 0 Å². The number of carbonyl (C=O) groups is 1. The Morgan fingerprint density at radius 3 is 2.87 bits per heavy atom. The summed E-state index contributed by atoms with van der Waals surface area (Å²) in [4.78, 5) is 11.9. The van der Waals surface area contributed by atoms with Crippen LogP contribution in [-0.2, 0) is 0 Å². The standard InChI is InChI=1S/C12H13ClO2/c1-2-15-11-6-5-9(13)7-10(11)12(14)8-3-4-8/h5-8H,2-4H2,1H3. The van der Waals surface area contributed by atoms with Gasteiger partial charge in [0.05, 0.1) is 12.2 Å². The van der Waals surface area contributed by atoms with E-state index in [0.717, 1.165) is 12.8 Å². The van der Waals surface area contributed by atoms with Crippen LogP contribution in [0, 0.1) is 5.92 Å². The van der Waals surface area contributed by atoms with E-state index in [2.05, 4.69) is 0 Å². The van der Waals surface area contributed by atoms with E-state index < -0.39 is 0 Å². The van der Waals surface area contributed by atoms with Gasteiger partial charge in [-0.15, -0.1) is 0 Å². The fraction of sp³-hybridized carbons (Fsp3) is 0.417. The summed E-state index contributed by atoms with van der Waals surface area (Å²) in [6, 6.07) is 5.21. The molecule has 1 saturated carbocycles. The number of benzene rings is 1. The van der Waals surface area contributed by atoms with E-state index in [1.807, 2.05) is 6.92 Å².